The van der Waals surface area contributed by atoms with Gasteiger partial charge >= 0.3 is 5.97 Å². The highest BCUT2D eigenvalue weighted by Gasteiger charge is 2.50. The topological polar surface area (TPSA) is 55.8 Å². The predicted molar refractivity (Wildman–Crippen MR) is 138 cm³/mol. The van der Waals surface area contributed by atoms with Gasteiger partial charge in [-0.25, -0.2) is 0 Å². The molecule has 2 aromatic rings. The normalized spacial score (nSPS) is 15.6. The first kappa shape index (κ1) is 27.0. The molecule has 0 saturated heterocycles. The number of rotatable bonds is 10. The van der Waals surface area contributed by atoms with Crippen LogP contribution in [0.25, 0.3) is 0 Å². The van der Waals surface area contributed by atoms with E-state index in [1.807, 2.05) is 39.0 Å². The number of carbonyl (C=O) groups is 1. The van der Waals surface area contributed by atoms with E-state index in [0.29, 0.717) is 6.61 Å². The van der Waals surface area contributed by atoms with Crippen LogP contribution in [0.1, 0.15) is 48.0 Å². The van der Waals surface area contributed by atoms with Gasteiger partial charge in [0.25, 0.3) is 8.32 Å². The van der Waals surface area contributed by atoms with Crippen molar-refractivity contribution >= 4 is 24.7 Å². The van der Waals surface area contributed by atoms with Gasteiger partial charge in [-0.15, -0.1) is 0 Å². The summed E-state index contributed by atoms with van der Waals surface area (Å²) < 4.78 is 11.7. The summed E-state index contributed by atoms with van der Waals surface area (Å²) in [5.41, 5.74) is 0.977. The molecule has 0 aliphatic carbocycles. The Morgan fingerprint density at radius 3 is 1.91 bits per heavy atom. The molecule has 2 rings (SSSR count). The lowest BCUT2D eigenvalue weighted by atomic mass is 9.88. The third-order valence-electron chi connectivity index (χ3n) is 6.61. The average molecular weight is 469 g/mol. The molecule has 0 aliphatic rings. The Bertz CT molecular complexity index is 863. The second-order valence-electron chi connectivity index (χ2n) is 9.96. The van der Waals surface area contributed by atoms with Crippen LogP contribution in [0, 0.1) is 11.8 Å². The average Bonchev–Trinajstić information content (AvgIpc) is 2.82. The Kier molecular flexibility index (Phi) is 9.65. The minimum absolute atomic E-state index is 0.0804. The van der Waals surface area contributed by atoms with Crippen molar-refractivity contribution in [3.63, 3.8) is 0 Å². The molecule has 33 heavy (non-hydrogen) atoms. The molecule has 0 saturated carbocycles. The first-order valence-electron chi connectivity index (χ1n) is 11.7. The fourth-order valence-corrected chi connectivity index (χ4v) is 9.06. The zero-order chi connectivity index (χ0) is 24.6. The van der Waals surface area contributed by atoms with E-state index in [1.165, 1.54) is 17.5 Å². The van der Waals surface area contributed by atoms with Crippen molar-refractivity contribution in [3.05, 3.63) is 72.3 Å². The Balaban J connectivity index is 2.32. The third kappa shape index (κ3) is 6.43. The number of aliphatic hydroxyl groups excluding tert-OH is 1. The van der Waals surface area contributed by atoms with Gasteiger partial charge < -0.3 is 14.3 Å². The molecule has 0 aromatic heterocycles. The van der Waals surface area contributed by atoms with Crippen LogP contribution in [0.2, 0.25) is 5.04 Å². The lowest BCUT2D eigenvalue weighted by molar-refractivity contribution is -0.139. The molecule has 3 atom stereocenters. The van der Waals surface area contributed by atoms with Crippen molar-refractivity contribution in [3.8, 4) is 0 Å². The lowest BCUT2D eigenvalue weighted by Gasteiger charge is -2.44. The van der Waals surface area contributed by atoms with Crippen molar-refractivity contribution < 1.29 is 19.1 Å². The van der Waals surface area contributed by atoms with Crippen molar-refractivity contribution in [2.45, 2.75) is 59.1 Å². The Morgan fingerprint density at radius 2 is 1.48 bits per heavy atom. The Hall–Kier alpha value is -2.21. The van der Waals surface area contributed by atoms with E-state index in [9.17, 15) is 9.90 Å². The van der Waals surface area contributed by atoms with Gasteiger partial charge in [-0.05, 0) is 22.3 Å². The quantitative estimate of drug-likeness (QED) is 0.312. The molecular weight excluding hydrogens is 428 g/mol. The van der Waals surface area contributed by atoms with Gasteiger partial charge in [-0.3, -0.25) is 4.79 Å². The lowest BCUT2D eigenvalue weighted by Crippen LogP contribution is -2.67. The summed E-state index contributed by atoms with van der Waals surface area (Å²) in [6.07, 6.45) is 1.47. The first-order chi connectivity index (χ1) is 15.5. The summed E-state index contributed by atoms with van der Waals surface area (Å²) in [5.74, 6) is -0.449. The minimum Gasteiger partial charge on any atom is -0.469 e. The molecule has 5 heteroatoms. The highest BCUT2D eigenvalue weighted by molar-refractivity contribution is 6.99. The van der Waals surface area contributed by atoms with E-state index in [2.05, 4.69) is 69.3 Å². The first-order valence-corrected chi connectivity index (χ1v) is 13.6. The van der Waals surface area contributed by atoms with Crippen LogP contribution in [0.4, 0.5) is 0 Å². The highest BCUT2D eigenvalue weighted by atomic mass is 28.4. The Morgan fingerprint density at radius 1 is 1.00 bits per heavy atom. The zero-order valence-electron chi connectivity index (χ0n) is 21.2. The van der Waals surface area contributed by atoms with E-state index < -0.39 is 14.4 Å². The van der Waals surface area contributed by atoms with Gasteiger partial charge in [0.1, 0.15) is 0 Å². The molecule has 0 spiro atoms. The van der Waals surface area contributed by atoms with Gasteiger partial charge in [0.05, 0.1) is 19.6 Å². The van der Waals surface area contributed by atoms with E-state index in [4.69, 9.17) is 9.16 Å². The number of esters is 1. The molecule has 0 amide bonds. The van der Waals surface area contributed by atoms with Crippen LogP contribution in [0.3, 0.4) is 0 Å². The molecule has 0 unspecified atom stereocenters. The van der Waals surface area contributed by atoms with Crippen LogP contribution >= 0.6 is 0 Å². The molecular formula is C28H40O4Si. The number of carbonyl (C=O) groups excluding carboxylic acids is 1. The van der Waals surface area contributed by atoms with Gasteiger partial charge in [0.15, 0.2) is 0 Å². The summed E-state index contributed by atoms with van der Waals surface area (Å²) in [4.78, 5) is 11.5. The monoisotopic (exact) mass is 468 g/mol. The van der Waals surface area contributed by atoms with Crippen molar-refractivity contribution in [1.29, 1.82) is 0 Å². The third-order valence-corrected chi connectivity index (χ3v) is 11.6. The van der Waals surface area contributed by atoms with E-state index in [-0.39, 0.29) is 29.3 Å². The zero-order valence-corrected chi connectivity index (χ0v) is 22.2. The number of methoxy groups -OCH3 is 1. The number of benzene rings is 2. The van der Waals surface area contributed by atoms with Crippen molar-refractivity contribution in [1.82, 2.24) is 0 Å². The van der Waals surface area contributed by atoms with E-state index in [1.54, 1.807) is 0 Å². The molecule has 4 nitrogen and oxygen atoms in total. The molecule has 0 radical (unpaired) electrons. The largest absolute Gasteiger partial charge is 0.469 e. The van der Waals surface area contributed by atoms with Gasteiger partial charge in [-0.1, -0.05) is 107 Å². The molecule has 0 fully saturated rings. The van der Waals surface area contributed by atoms with Gasteiger partial charge in [0, 0.05) is 18.4 Å². The summed E-state index contributed by atoms with van der Waals surface area (Å²) in [6.45, 7) is 13.2. The van der Waals surface area contributed by atoms with Crippen LogP contribution < -0.4 is 10.4 Å². The second kappa shape index (κ2) is 11.8. The maximum Gasteiger partial charge on any atom is 0.309 e. The fraction of sp³-hybridized carbons (Fsp3) is 0.464. The van der Waals surface area contributed by atoms with Crippen LogP contribution in [0.15, 0.2) is 72.3 Å². The van der Waals surface area contributed by atoms with Crippen LogP contribution in [-0.4, -0.2) is 39.2 Å². The number of ether oxygens (including phenoxy) is 1. The minimum atomic E-state index is -2.64. The number of hydrogen-bond donors (Lipinski definition) is 1. The SMILES string of the molecule is COC(=O)C/C=C(\C)[C@@H](C)[C@@H](O)[C@@H](C)CO[Si](c1ccccc1)(c1ccccc1)C(C)(C)C. The standard InChI is InChI=1S/C28H40O4Si/c1-21(18-19-26(29)31-7)23(3)27(30)22(2)20-32-33(28(4,5)6,24-14-10-8-11-15-24)25-16-12-9-13-17-25/h8-18,22-23,27,30H,19-20H2,1-7H3/b21-18+/t22-,23+,27-/m0/s1. The summed E-state index contributed by atoms with van der Waals surface area (Å²) in [6, 6.07) is 21.1. The Labute approximate surface area is 200 Å². The van der Waals surface area contributed by atoms with Gasteiger partial charge in [-0.2, -0.15) is 0 Å². The molecule has 0 aliphatic heterocycles. The van der Waals surface area contributed by atoms with Crippen molar-refractivity contribution in [2.75, 3.05) is 13.7 Å². The highest BCUT2D eigenvalue weighted by Crippen LogP contribution is 2.37. The van der Waals surface area contributed by atoms with Gasteiger partial charge in [0.2, 0.25) is 0 Å². The second-order valence-corrected chi connectivity index (χ2v) is 14.3. The van der Waals surface area contributed by atoms with Crippen molar-refractivity contribution in [2.24, 2.45) is 11.8 Å². The van der Waals surface area contributed by atoms with E-state index >= 15 is 0 Å². The van der Waals surface area contributed by atoms with Crippen LogP contribution in [-0.2, 0) is 14.0 Å². The van der Waals surface area contributed by atoms with Crippen LogP contribution in [0.5, 0.6) is 0 Å². The maximum atomic E-state index is 11.5. The summed E-state index contributed by atoms with van der Waals surface area (Å²) >= 11 is 0. The summed E-state index contributed by atoms with van der Waals surface area (Å²) in [5, 5.41) is 13.4. The van der Waals surface area contributed by atoms with E-state index in [0.717, 1.165) is 5.57 Å². The number of hydrogen-bond acceptors (Lipinski definition) is 4. The summed E-state index contributed by atoms with van der Waals surface area (Å²) in [7, 11) is -1.26. The molecule has 0 heterocycles. The number of aliphatic hydroxyl groups is 1. The molecule has 2 aromatic carbocycles. The molecule has 180 valence electrons. The predicted octanol–water partition coefficient (Wildman–Crippen LogP) is 4.71. The molecule has 1 N–H and O–H groups in total. The molecule has 0 bridgehead atoms. The maximum absolute atomic E-state index is 11.5. The fourth-order valence-electron chi connectivity index (χ4n) is 4.39. The smallest absolute Gasteiger partial charge is 0.309 e.